The zero-order valence-electron chi connectivity index (χ0n) is 11.5. The van der Waals surface area contributed by atoms with Gasteiger partial charge in [-0.2, -0.15) is 0 Å². The molecule has 0 aliphatic carbocycles. The lowest BCUT2D eigenvalue weighted by Gasteiger charge is -2.01. The van der Waals surface area contributed by atoms with Gasteiger partial charge in [-0.3, -0.25) is 0 Å². The van der Waals surface area contributed by atoms with Gasteiger partial charge >= 0.3 is 0 Å². The van der Waals surface area contributed by atoms with Gasteiger partial charge in [0.15, 0.2) is 0 Å². The zero-order valence-corrected chi connectivity index (χ0v) is 12.3. The third kappa shape index (κ3) is 4.33. The minimum atomic E-state index is 0.899. The number of aromatic nitrogens is 1. The van der Waals surface area contributed by atoms with Gasteiger partial charge in [-0.1, -0.05) is 12.1 Å². The quantitative estimate of drug-likeness (QED) is 0.790. The van der Waals surface area contributed by atoms with Gasteiger partial charge in [0.1, 0.15) is 5.75 Å². The summed E-state index contributed by atoms with van der Waals surface area (Å²) >= 11 is 1.75. The molecule has 0 spiro atoms. The molecule has 0 aliphatic rings. The first kappa shape index (κ1) is 14.0. The van der Waals surface area contributed by atoms with E-state index in [4.69, 9.17) is 4.74 Å². The molecule has 2 rings (SSSR count). The molecule has 102 valence electrons. The van der Waals surface area contributed by atoms with Gasteiger partial charge in [0.05, 0.1) is 17.8 Å². The number of aryl methyl sites for hydroxylation is 1. The van der Waals surface area contributed by atoms with E-state index in [9.17, 15) is 0 Å². The summed E-state index contributed by atoms with van der Waals surface area (Å²) in [5.41, 5.74) is 2.49. The van der Waals surface area contributed by atoms with Gasteiger partial charge in [0, 0.05) is 11.8 Å². The highest BCUT2D eigenvalue weighted by atomic mass is 32.1. The molecule has 0 fully saturated rings. The minimum absolute atomic E-state index is 0.899. The SMILES string of the molecule is CNCCCc1csc(Cc2ccc(OC)cc2)n1. The number of ether oxygens (including phenoxy) is 1. The molecule has 0 bridgehead atoms. The number of nitrogens with zero attached hydrogens (tertiary/aromatic N) is 1. The van der Waals surface area contributed by atoms with Gasteiger partial charge in [-0.15, -0.1) is 11.3 Å². The fourth-order valence-electron chi connectivity index (χ4n) is 1.91. The van der Waals surface area contributed by atoms with Crippen LogP contribution in [-0.4, -0.2) is 25.7 Å². The maximum Gasteiger partial charge on any atom is 0.118 e. The third-order valence-corrected chi connectivity index (χ3v) is 3.87. The van der Waals surface area contributed by atoms with E-state index in [0.29, 0.717) is 0 Å². The van der Waals surface area contributed by atoms with Gasteiger partial charge in [0.2, 0.25) is 0 Å². The summed E-state index contributed by atoms with van der Waals surface area (Å²) < 4.78 is 5.16. The van der Waals surface area contributed by atoms with Crippen molar-refractivity contribution in [3.63, 3.8) is 0 Å². The molecule has 0 radical (unpaired) electrons. The van der Waals surface area contributed by atoms with Gasteiger partial charge < -0.3 is 10.1 Å². The second-order valence-corrected chi connectivity index (χ2v) is 5.41. The van der Waals surface area contributed by atoms with E-state index in [0.717, 1.165) is 31.6 Å². The van der Waals surface area contributed by atoms with E-state index >= 15 is 0 Å². The molecule has 1 N–H and O–H groups in total. The highest BCUT2D eigenvalue weighted by Crippen LogP contribution is 2.18. The number of rotatable bonds is 7. The summed E-state index contributed by atoms with van der Waals surface area (Å²) in [7, 11) is 3.67. The molecule has 0 unspecified atom stereocenters. The molecule has 0 atom stereocenters. The van der Waals surface area contributed by atoms with Crippen molar-refractivity contribution in [3.8, 4) is 5.75 Å². The Morgan fingerprint density at radius 1 is 1.26 bits per heavy atom. The lowest BCUT2D eigenvalue weighted by Crippen LogP contribution is -2.08. The zero-order chi connectivity index (χ0) is 13.5. The van der Waals surface area contributed by atoms with Gasteiger partial charge in [-0.25, -0.2) is 4.98 Å². The molecule has 2 aromatic rings. The van der Waals surface area contributed by atoms with Crippen LogP contribution in [-0.2, 0) is 12.8 Å². The Morgan fingerprint density at radius 3 is 2.74 bits per heavy atom. The van der Waals surface area contributed by atoms with Crippen LogP contribution in [0.2, 0.25) is 0 Å². The van der Waals surface area contributed by atoms with Crippen molar-refractivity contribution < 1.29 is 4.74 Å². The van der Waals surface area contributed by atoms with Crippen molar-refractivity contribution in [2.45, 2.75) is 19.3 Å². The first-order valence-electron chi connectivity index (χ1n) is 6.52. The molecule has 0 amide bonds. The molecular formula is C15H20N2OS. The van der Waals surface area contributed by atoms with Crippen LogP contribution >= 0.6 is 11.3 Å². The second-order valence-electron chi connectivity index (χ2n) is 4.46. The van der Waals surface area contributed by atoms with Gasteiger partial charge in [-0.05, 0) is 44.1 Å². The molecule has 1 aromatic heterocycles. The van der Waals surface area contributed by atoms with Crippen molar-refractivity contribution in [2.24, 2.45) is 0 Å². The minimum Gasteiger partial charge on any atom is -0.497 e. The van der Waals surface area contributed by atoms with E-state index in [-0.39, 0.29) is 0 Å². The Hall–Kier alpha value is -1.39. The summed E-state index contributed by atoms with van der Waals surface area (Å²) in [6.45, 7) is 1.05. The highest BCUT2D eigenvalue weighted by Gasteiger charge is 2.03. The summed E-state index contributed by atoms with van der Waals surface area (Å²) in [5.74, 6) is 0.899. The fraction of sp³-hybridized carbons (Fsp3) is 0.400. The number of nitrogens with one attached hydrogen (secondary N) is 1. The van der Waals surface area contributed by atoms with Crippen molar-refractivity contribution in [3.05, 3.63) is 45.9 Å². The van der Waals surface area contributed by atoms with E-state index in [2.05, 4.69) is 27.8 Å². The van der Waals surface area contributed by atoms with E-state index in [1.54, 1.807) is 18.4 Å². The average molecular weight is 276 g/mol. The Morgan fingerprint density at radius 2 is 2.05 bits per heavy atom. The van der Waals surface area contributed by atoms with Crippen molar-refractivity contribution >= 4 is 11.3 Å². The van der Waals surface area contributed by atoms with Crippen LogP contribution in [0.1, 0.15) is 22.7 Å². The molecule has 0 aliphatic heterocycles. The van der Waals surface area contributed by atoms with E-state index in [1.165, 1.54) is 16.3 Å². The van der Waals surface area contributed by atoms with E-state index < -0.39 is 0 Å². The number of thiazole rings is 1. The van der Waals surface area contributed by atoms with Crippen LogP contribution in [0.25, 0.3) is 0 Å². The Balaban J connectivity index is 1.91. The molecule has 1 aromatic carbocycles. The standard InChI is InChI=1S/C15H20N2OS/c1-16-9-3-4-13-11-19-15(17-13)10-12-5-7-14(18-2)8-6-12/h5-8,11,16H,3-4,9-10H2,1-2H3. The topological polar surface area (TPSA) is 34.1 Å². The molecular weight excluding hydrogens is 256 g/mol. The van der Waals surface area contributed by atoms with Crippen molar-refractivity contribution in [2.75, 3.05) is 20.7 Å². The number of hydrogen-bond donors (Lipinski definition) is 1. The maximum absolute atomic E-state index is 5.16. The Bertz CT molecular complexity index is 493. The predicted octanol–water partition coefficient (Wildman–Crippen LogP) is 2.89. The first-order chi connectivity index (χ1) is 9.31. The molecule has 3 nitrogen and oxygen atoms in total. The summed E-state index contributed by atoms with van der Waals surface area (Å²) in [6, 6.07) is 8.19. The largest absolute Gasteiger partial charge is 0.497 e. The first-order valence-corrected chi connectivity index (χ1v) is 7.40. The maximum atomic E-state index is 5.16. The molecule has 1 heterocycles. The normalized spacial score (nSPS) is 10.6. The van der Waals surface area contributed by atoms with Crippen LogP contribution in [0.4, 0.5) is 0 Å². The van der Waals surface area contributed by atoms with Crippen molar-refractivity contribution in [1.29, 1.82) is 0 Å². The van der Waals surface area contributed by atoms with Crippen LogP contribution in [0.5, 0.6) is 5.75 Å². The van der Waals surface area contributed by atoms with Crippen LogP contribution < -0.4 is 10.1 Å². The fourth-order valence-corrected chi connectivity index (χ4v) is 2.77. The molecule has 0 saturated carbocycles. The smallest absolute Gasteiger partial charge is 0.118 e. The summed E-state index contributed by atoms with van der Waals surface area (Å²) in [4.78, 5) is 4.68. The Labute approximate surface area is 118 Å². The number of hydrogen-bond acceptors (Lipinski definition) is 4. The summed E-state index contributed by atoms with van der Waals surface area (Å²) in [5, 5.41) is 6.52. The second kappa shape index (κ2) is 7.26. The summed E-state index contributed by atoms with van der Waals surface area (Å²) in [6.07, 6.45) is 3.10. The number of methoxy groups -OCH3 is 1. The monoisotopic (exact) mass is 276 g/mol. The van der Waals surface area contributed by atoms with Gasteiger partial charge in [0.25, 0.3) is 0 Å². The lowest BCUT2D eigenvalue weighted by molar-refractivity contribution is 0.414. The molecule has 0 saturated heterocycles. The van der Waals surface area contributed by atoms with Crippen LogP contribution in [0.15, 0.2) is 29.6 Å². The third-order valence-electron chi connectivity index (χ3n) is 2.97. The molecule has 4 heteroatoms. The number of benzene rings is 1. The lowest BCUT2D eigenvalue weighted by atomic mass is 10.1. The highest BCUT2D eigenvalue weighted by molar-refractivity contribution is 7.09. The molecule has 19 heavy (non-hydrogen) atoms. The van der Waals surface area contributed by atoms with Crippen LogP contribution in [0.3, 0.4) is 0 Å². The van der Waals surface area contributed by atoms with Crippen molar-refractivity contribution in [1.82, 2.24) is 10.3 Å². The van der Waals surface area contributed by atoms with Crippen LogP contribution in [0, 0.1) is 0 Å². The Kier molecular flexibility index (Phi) is 5.36. The average Bonchev–Trinajstić information content (AvgIpc) is 2.88. The van der Waals surface area contributed by atoms with E-state index in [1.807, 2.05) is 19.2 Å². The predicted molar refractivity (Wildman–Crippen MR) is 80.2 cm³/mol.